The number of aromatic amines is 1. The smallest absolute Gasteiger partial charge is 0.178 e. The summed E-state index contributed by atoms with van der Waals surface area (Å²) in [6, 6.07) is 3.78. The molecule has 0 spiro atoms. The minimum Gasteiger partial charge on any atom is -0.337 e. The molecule has 0 saturated heterocycles. The first-order valence-corrected chi connectivity index (χ1v) is 5.85. The second kappa shape index (κ2) is 7.06. The number of fused-ring (bicyclic) bond motifs is 1. The molecule has 0 aliphatic carbocycles. The van der Waals surface area contributed by atoms with Gasteiger partial charge in [0.1, 0.15) is 5.52 Å². The summed E-state index contributed by atoms with van der Waals surface area (Å²) in [5.41, 5.74) is 2.43. The maximum absolute atomic E-state index is 4.23. The van der Waals surface area contributed by atoms with E-state index >= 15 is 0 Å². The van der Waals surface area contributed by atoms with Gasteiger partial charge in [-0.15, -0.1) is 0 Å². The summed E-state index contributed by atoms with van der Waals surface area (Å²) in [6.45, 7) is 11.4. The van der Waals surface area contributed by atoms with Crippen molar-refractivity contribution in [3.8, 4) is 0 Å². The molecular weight excluding hydrogens is 224 g/mol. The van der Waals surface area contributed by atoms with Crippen LogP contribution < -0.4 is 5.32 Å². The molecule has 0 unspecified atom stereocenters. The summed E-state index contributed by atoms with van der Waals surface area (Å²) in [6.07, 6.45) is 7.03. The molecule has 0 aliphatic heterocycles. The van der Waals surface area contributed by atoms with Crippen LogP contribution in [0.3, 0.4) is 0 Å². The molecule has 2 rings (SSSR count). The molecule has 2 heterocycles. The SMILES string of the molecule is C=C/C=C\C(=C)Nc1n[nH]c2cccnc12.CC. The minimum atomic E-state index is 0.675. The van der Waals surface area contributed by atoms with Gasteiger partial charge in [0.2, 0.25) is 0 Å². The Kier molecular flexibility index (Phi) is 5.38. The summed E-state index contributed by atoms with van der Waals surface area (Å²) < 4.78 is 0. The third-order valence-electron chi connectivity index (χ3n) is 2.03. The van der Waals surface area contributed by atoms with Gasteiger partial charge in [0, 0.05) is 11.9 Å². The Bertz CT molecular complexity index is 552. The summed E-state index contributed by atoms with van der Waals surface area (Å²) in [5.74, 6) is 0.675. The fraction of sp³-hybridized carbons (Fsp3) is 0.143. The Morgan fingerprint density at radius 1 is 1.44 bits per heavy atom. The molecule has 0 aliphatic rings. The van der Waals surface area contributed by atoms with E-state index in [0.29, 0.717) is 5.82 Å². The number of nitrogens with one attached hydrogen (secondary N) is 2. The van der Waals surface area contributed by atoms with E-state index in [1.54, 1.807) is 18.3 Å². The zero-order valence-electron chi connectivity index (χ0n) is 10.8. The van der Waals surface area contributed by atoms with Gasteiger partial charge in [0.15, 0.2) is 5.82 Å². The van der Waals surface area contributed by atoms with Crippen molar-refractivity contribution in [3.05, 3.63) is 55.4 Å². The highest BCUT2D eigenvalue weighted by atomic mass is 15.2. The fourth-order valence-electron chi connectivity index (χ4n) is 1.32. The number of aromatic nitrogens is 3. The van der Waals surface area contributed by atoms with Gasteiger partial charge in [-0.05, 0) is 18.2 Å². The highest BCUT2D eigenvalue weighted by Crippen LogP contribution is 2.18. The summed E-state index contributed by atoms with van der Waals surface area (Å²) in [4.78, 5) is 4.23. The standard InChI is InChI=1S/C12H12N4.C2H6/c1-3-4-6-9(2)14-12-11-10(15-16-12)7-5-8-13-11;1-2/h3-8H,1-2H2,(H2,14,15,16);1-2H3/b6-4-;. The van der Waals surface area contributed by atoms with Gasteiger partial charge in [-0.2, -0.15) is 5.10 Å². The number of allylic oxidation sites excluding steroid dienone is 3. The average Bonchev–Trinajstić information content (AvgIpc) is 2.82. The van der Waals surface area contributed by atoms with Gasteiger partial charge in [0.05, 0.1) is 5.52 Å². The zero-order chi connectivity index (χ0) is 13.4. The Balaban J connectivity index is 0.000000771. The highest BCUT2D eigenvalue weighted by molar-refractivity contribution is 5.86. The molecule has 2 N–H and O–H groups in total. The lowest BCUT2D eigenvalue weighted by atomic mass is 10.3. The van der Waals surface area contributed by atoms with Crippen molar-refractivity contribution in [1.29, 1.82) is 0 Å². The monoisotopic (exact) mass is 242 g/mol. The summed E-state index contributed by atoms with van der Waals surface area (Å²) >= 11 is 0. The van der Waals surface area contributed by atoms with Crippen LogP contribution in [0.15, 0.2) is 55.4 Å². The molecule has 0 atom stereocenters. The van der Waals surface area contributed by atoms with Gasteiger partial charge >= 0.3 is 0 Å². The van der Waals surface area contributed by atoms with Crippen molar-refractivity contribution in [2.24, 2.45) is 0 Å². The predicted octanol–water partition coefficient (Wildman–Crippen LogP) is 3.65. The molecule has 4 heteroatoms. The molecule has 0 fully saturated rings. The van der Waals surface area contributed by atoms with E-state index in [4.69, 9.17) is 0 Å². The number of H-pyrrole nitrogens is 1. The predicted molar refractivity (Wildman–Crippen MR) is 77.3 cm³/mol. The third kappa shape index (κ3) is 3.31. The first-order chi connectivity index (χ1) is 8.81. The molecule has 94 valence electrons. The highest BCUT2D eigenvalue weighted by Gasteiger charge is 2.05. The molecule has 0 amide bonds. The van der Waals surface area contributed by atoms with Gasteiger partial charge in [-0.1, -0.05) is 39.2 Å². The van der Waals surface area contributed by atoms with Crippen molar-refractivity contribution < 1.29 is 0 Å². The minimum absolute atomic E-state index is 0.675. The second-order valence-corrected chi connectivity index (χ2v) is 3.22. The molecule has 0 saturated carbocycles. The zero-order valence-corrected chi connectivity index (χ0v) is 10.8. The van der Waals surface area contributed by atoms with Crippen molar-refractivity contribution >= 4 is 16.9 Å². The van der Waals surface area contributed by atoms with Gasteiger partial charge < -0.3 is 5.32 Å². The lowest BCUT2D eigenvalue weighted by Crippen LogP contribution is -1.96. The average molecular weight is 242 g/mol. The summed E-state index contributed by atoms with van der Waals surface area (Å²) in [5, 5.41) is 10.1. The number of nitrogens with zero attached hydrogens (tertiary/aromatic N) is 2. The van der Waals surface area contributed by atoms with Crippen molar-refractivity contribution in [2.75, 3.05) is 5.32 Å². The van der Waals surface area contributed by atoms with Crippen molar-refractivity contribution in [3.63, 3.8) is 0 Å². The van der Waals surface area contributed by atoms with Crippen molar-refractivity contribution in [1.82, 2.24) is 15.2 Å². The normalized spacial score (nSPS) is 9.89. The van der Waals surface area contributed by atoms with Crippen LogP contribution in [0.2, 0.25) is 0 Å². The first-order valence-electron chi connectivity index (χ1n) is 5.85. The van der Waals surface area contributed by atoms with Crippen LogP contribution in [0.1, 0.15) is 13.8 Å². The molecule has 4 nitrogen and oxygen atoms in total. The van der Waals surface area contributed by atoms with E-state index in [2.05, 4.69) is 33.7 Å². The maximum Gasteiger partial charge on any atom is 0.178 e. The maximum atomic E-state index is 4.23. The van der Waals surface area contributed by atoms with Crippen LogP contribution in [0.5, 0.6) is 0 Å². The van der Waals surface area contributed by atoms with Crippen LogP contribution in [0.25, 0.3) is 11.0 Å². The molecule has 2 aromatic heterocycles. The molecule has 2 aromatic rings. The van der Waals surface area contributed by atoms with Gasteiger partial charge in [0.25, 0.3) is 0 Å². The second-order valence-electron chi connectivity index (χ2n) is 3.22. The molecule has 0 radical (unpaired) electrons. The first kappa shape index (κ1) is 13.7. The van der Waals surface area contributed by atoms with Crippen molar-refractivity contribution in [2.45, 2.75) is 13.8 Å². The van der Waals surface area contributed by atoms with Gasteiger partial charge in [-0.25, -0.2) is 0 Å². The fourth-order valence-corrected chi connectivity index (χ4v) is 1.32. The lowest BCUT2D eigenvalue weighted by molar-refractivity contribution is 1.12. The van der Waals surface area contributed by atoms with Crippen LogP contribution in [0.4, 0.5) is 5.82 Å². The number of hydrogen-bond donors (Lipinski definition) is 2. The largest absolute Gasteiger partial charge is 0.337 e. The summed E-state index contributed by atoms with van der Waals surface area (Å²) in [7, 11) is 0. The van der Waals surface area contributed by atoms with E-state index in [-0.39, 0.29) is 0 Å². The molecule has 0 bridgehead atoms. The third-order valence-corrected chi connectivity index (χ3v) is 2.03. The topological polar surface area (TPSA) is 53.6 Å². The van der Waals surface area contributed by atoms with Crippen LogP contribution in [0, 0.1) is 0 Å². The van der Waals surface area contributed by atoms with E-state index in [1.807, 2.05) is 32.1 Å². The van der Waals surface area contributed by atoms with Crippen LogP contribution >= 0.6 is 0 Å². The Morgan fingerprint density at radius 3 is 2.94 bits per heavy atom. The quantitative estimate of drug-likeness (QED) is 0.804. The van der Waals surface area contributed by atoms with E-state index < -0.39 is 0 Å². The van der Waals surface area contributed by atoms with E-state index in [9.17, 15) is 0 Å². The molecule has 0 aromatic carbocycles. The number of pyridine rings is 1. The molecule has 18 heavy (non-hydrogen) atoms. The number of anilines is 1. The molecular formula is C14H18N4. The van der Waals surface area contributed by atoms with Gasteiger partial charge in [-0.3, -0.25) is 10.1 Å². The Morgan fingerprint density at radius 2 is 2.22 bits per heavy atom. The number of rotatable bonds is 4. The van der Waals surface area contributed by atoms with E-state index in [1.165, 1.54) is 0 Å². The van der Waals surface area contributed by atoms with E-state index in [0.717, 1.165) is 16.7 Å². The number of hydrogen-bond acceptors (Lipinski definition) is 3. The van der Waals surface area contributed by atoms with Crippen LogP contribution in [-0.4, -0.2) is 15.2 Å². The lowest BCUT2D eigenvalue weighted by Gasteiger charge is -2.00. The van der Waals surface area contributed by atoms with Crippen LogP contribution in [-0.2, 0) is 0 Å². The Hall–Kier alpha value is -2.36. The Labute approximate surface area is 107 Å².